The van der Waals surface area contributed by atoms with Gasteiger partial charge in [0, 0.05) is 0 Å². The second-order valence-corrected chi connectivity index (χ2v) is 6.19. The fourth-order valence-corrected chi connectivity index (χ4v) is 2.94. The monoisotopic (exact) mass is 250 g/mol. The van der Waals surface area contributed by atoms with Gasteiger partial charge >= 0.3 is 0 Å². The van der Waals surface area contributed by atoms with Gasteiger partial charge in [0.05, 0.1) is 0 Å². The van der Waals surface area contributed by atoms with E-state index in [0.29, 0.717) is 0 Å². The van der Waals surface area contributed by atoms with Crippen LogP contribution in [0, 0.1) is 0 Å². The predicted octanol–water partition coefficient (Wildman–Crippen LogP) is 6.80. The maximum atomic E-state index is 2.50. The van der Waals surface area contributed by atoms with Crippen LogP contribution < -0.4 is 0 Å². The summed E-state index contributed by atoms with van der Waals surface area (Å²) in [5.41, 5.74) is 1.64. The minimum absolute atomic E-state index is 1.33. The van der Waals surface area contributed by atoms with E-state index in [0.717, 1.165) is 0 Å². The Balaban J connectivity index is 2.17. The largest absolute Gasteiger partial charge is 0.0856 e. The lowest BCUT2D eigenvalue weighted by Crippen LogP contribution is -1.83. The van der Waals surface area contributed by atoms with Gasteiger partial charge in [0.25, 0.3) is 0 Å². The molecule has 0 amide bonds. The third kappa shape index (κ3) is 9.74. The van der Waals surface area contributed by atoms with E-state index in [-0.39, 0.29) is 0 Å². The van der Waals surface area contributed by atoms with Crippen molar-refractivity contribution < 1.29 is 0 Å². The smallest absolute Gasteiger partial charge is 0.0323 e. The molecule has 0 aliphatic heterocycles. The lowest BCUT2D eigenvalue weighted by atomic mass is 10.0. The molecule has 0 N–H and O–H groups in total. The van der Waals surface area contributed by atoms with E-state index in [9.17, 15) is 0 Å². The Labute approximate surface area is 115 Å². The highest BCUT2D eigenvalue weighted by molar-refractivity contribution is 4.97. The van der Waals surface area contributed by atoms with Crippen LogP contribution in [0.5, 0.6) is 0 Å². The molecular weight excluding hydrogens is 216 g/mol. The van der Waals surface area contributed by atoms with Crippen molar-refractivity contribution in [2.45, 2.75) is 103 Å². The first-order chi connectivity index (χ1) is 8.89. The Morgan fingerprint density at radius 2 is 0.944 bits per heavy atom. The zero-order valence-electron chi connectivity index (χ0n) is 12.7. The zero-order chi connectivity index (χ0) is 12.9. The van der Waals surface area contributed by atoms with Gasteiger partial charge in [0.2, 0.25) is 0 Å². The van der Waals surface area contributed by atoms with E-state index in [2.05, 4.69) is 13.0 Å². The van der Waals surface area contributed by atoms with Gasteiger partial charge in [-0.25, -0.2) is 0 Å². The molecule has 0 spiro atoms. The van der Waals surface area contributed by atoms with Gasteiger partial charge in [0.1, 0.15) is 0 Å². The molecule has 0 saturated carbocycles. The van der Waals surface area contributed by atoms with Crippen molar-refractivity contribution >= 4 is 0 Å². The van der Waals surface area contributed by atoms with Gasteiger partial charge < -0.3 is 0 Å². The molecule has 0 heterocycles. The molecule has 1 rings (SSSR count). The molecule has 0 bridgehead atoms. The lowest BCUT2D eigenvalue weighted by Gasteiger charge is -2.03. The Hall–Kier alpha value is -0.260. The summed E-state index contributed by atoms with van der Waals surface area (Å²) in [5.74, 6) is 0. The summed E-state index contributed by atoms with van der Waals surface area (Å²) in [5, 5.41) is 0. The third-order valence-corrected chi connectivity index (χ3v) is 4.27. The van der Waals surface area contributed by atoms with E-state index in [4.69, 9.17) is 0 Å². The van der Waals surface area contributed by atoms with Gasteiger partial charge in [-0.2, -0.15) is 0 Å². The molecule has 1 aliphatic rings. The van der Waals surface area contributed by atoms with Crippen molar-refractivity contribution in [2.24, 2.45) is 0 Å². The maximum absolute atomic E-state index is 2.50. The molecule has 1 aliphatic carbocycles. The molecule has 0 aromatic heterocycles. The highest BCUT2D eigenvalue weighted by atomic mass is 14.0. The van der Waals surface area contributed by atoms with Crippen LogP contribution in [0.4, 0.5) is 0 Å². The van der Waals surface area contributed by atoms with E-state index in [1.165, 1.54) is 96.3 Å². The Morgan fingerprint density at radius 3 is 1.44 bits per heavy atom. The fraction of sp³-hybridized carbons (Fsp3) is 0.889. The van der Waals surface area contributed by atoms with Crippen LogP contribution in [-0.2, 0) is 0 Å². The topological polar surface area (TPSA) is 0 Å². The van der Waals surface area contributed by atoms with E-state index >= 15 is 0 Å². The molecule has 0 atom stereocenters. The Morgan fingerprint density at radius 1 is 0.556 bits per heavy atom. The summed E-state index contributed by atoms with van der Waals surface area (Å²) in [6.07, 6.45) is 24.2. The predicted molar refractivity (Wildman–Crippen MR) is 83.0 cm³/mol. The van der Waals surface area contributed by atoms with Crippen LogP contribution in [0.25, 0.3) is 0 Å². The summed E-state index contributed by atoms with van der Waals surface area (Å²) < 4.78 is 0. The van der Waals surface area contributed by atoms with E-state index < -0.39 is 0 Å². The van der Waals surface area contributed by atoms with Crippen LogP contribution >= 0.6 is 0 Å². The molecule has 0 fully saturated rings. The summed E-state index contributed by atoms with van der Waals surface area (Å²) in [6, 6.07) is 0. The highest BCUT2D eigenvalue weighted by Crippen LogP contribution is 2.16. The van der Waals surface area contributed by atoms with Gasteiger partial charge in [-0.05, 0) is 32.6 Å². The second kappa shape index (κ2) is 11.8. The maximum Gasteiger partial charge on any atom is -0.0323 e. The summed E-state index contributed by atoms with van der Waals surface area (Å²) in [7, 11) is 0. The lowest BCUT2D eigenvalue weighted by molar-refractivity contribution is 0.539. The summed E-state index contributed by atoms with van der Waals surface area (Å²) in [6.45, 7) is 2.33. The fourth-order valence-electron chi connectivity index (χ4n) is 2.94. The van der Waals surface area contributed by atoms with Crippen molar-refractivity contribution in [3.05, 3.63) is 11.6 Å². The molecule has 0 aromatic carbocycles. The molecule has 0 heteroatoms. The molecule has 0 nitrogen and oxygen atoms in total. The minimum atomic E-state index is 1.33. The Bertz CT molecular complexity index is 202. The van der Waals surface area contributed by atoms with Gasteiger partial charge in [-0.3, -0.25) is 0 Å². The quantitative estimate of drug-likeness (QED) is 0.415. The number of rotatable bonds is 0. The van der Waals surface area contributed by atoms with Crippen molar-refractivity contribution in [3.8, 4) is 0 Å². The molecule has 0 radical (unpaired) electrons. The average molecular weight is 250 g/mol. The number of allylic oxidation sites excluding steroid dienone is 2. The first-order valence-electron chi connectivity index (χ1n) is 8.55. The van der Waals surface area contributed by atoms with Crippen LogP contribution in [0.1, 0.15) is 103 Å². The molecular formula is C18H34. The molecule has 106 valence electrons. The van der Waals surface area contributed by atoms with Gasteiger partial charge in [-0.15, -0.1) is 0 Å². The van der Waals surface area contributed by atoms with Crippen LogP contribution in [0.15, 0.2) is 11.6 Å². The van der Waals surface area contributed by atoms with Gasteiger partial charge in [-0.1, -0.05) is 82.3 Å². The molecule has 0 aromatic rings. The first-order valence-corrected chi connectivity index (χ1v) is 8.55. The third-order valence-electron chi connectivity index (χ3n) is 4.27. The van der Waals surface area contributed by atoms with E-state index in [1.54, 1.807) is 5.57 Å². The SMILES string of the molecule is C/C1=C/CCCCCCCCCCCCCCC1. The zero-order valence-corrected chi connectivity index (χ0v) is 12.7. The standard InChI is InChI=1S/C18H34/c1-18-16-14-12-10-8-6-4-2-3-5-7-9-11-13-15-17-18/h16H,2-15,17H2,1H3/b18-16-. The minimum Gasteiger partial charge on any atom is -0.0856 e. The van der Waals surface area contributed by atoms with Crippen LogP contribution in [0.2, 0.25) is 0 Å². The van der Waals surface area contributed by atoms with Crippen LogP contribution in [0.3, 0.4) is 0 Å². The van der Waals surface area contributed by atoms with Gasteiger partial charge in [0.15, 0.2) is 0 Å². The molecule has 0 saturated heterocycles. The second-order valence-electron chi connectivity index (χ2n) is 6.19. The van der Waals surface area contributed by atoms with Crippen LogP contribution in [-0.4, -0.2) is 0 Å². The van der Waals surface area contributed by atoms with E-state index in [1.807, 2.05) is 0 Å². The summed E-state index contributed by atoms with van der Waals surface area (Å²) >= 11 is 0. The first kappa shape index (κ1) is 15.8. The summed E-state index contributed by atoms with van der Waals surface area (Å²) in [4.78, 5) is 0. The highest BCUT2D eigenvalue weighted by Gasteiger charge is 1.96. The number of hydrogen-bond donors (Lipinski definition) is 0. The number of hydrogen-bond acceptors (Lipinski definition) is 0. The normalized spacial score (nSPS) is 25.9. The van der Waals surface area contributed by atoms with Crippen molar-refractivity contribution in [1.82, 2.24) is 0 Å². The Kier molecular flexibility index (Phi) is 10.4. The van der Waals surface area contributed by atoms with Crippen molar-refractivity contribution in [3.63, 3.8) is 0 Å². The molecule has 18 heavy (non-hydrogen) atoms. The average Bonchev–Trinajstić information content (AvgIpc) is 2.37. The van der Waals surface area contributed by atoms with Crippen molar-refractivity contribution in [1.29, 1.82) is 0 Å². The van der Waals surface area contributed by atoms with Crippen molar-refractivity contribution in [2.75, 3.05) is 0 Å². The molecule has 0 unspecified atom stereocenters.